The minimum absolute atomic E-state index is 0.0000825. The molecule has 0 bridgehead atoms. The number of carbonyl (C=O) groups is 1. The van der Waals surface area contributed by atoms with Gasteiger partial charge in [0.25, 0.3) is 0 Å². The molecule has 32 heavy (non-hydrogen) atoms. The summed E-state index contributed by atoms with van der Waals surface area (Å²) in [5, 5.41) is 6.22. The van der Waals surface area contributed by atoms with Crippen molar-refractivity contribution in [2.45, 2.75) is 50.5 Å². The monoisotopic (exact) mass is 465 g/mol. The molecule has 11 nitrogen and oxygen atoms in total. The highest BCUT2D eigenvalue weighted by atomic mass is 32.2. The van der Waals surface area contributed by atoms with Crippen molar-refractivity contribution in [3.8, 4) is 0 Å². The molecule has 1 aliphatic rings. The molecule has 0 spiro atoms. The number of fused-ring (bicyclic) bond motifs is 1. The van der Waals surface area contributed by atoms with E-state index >= 15 is 0 Å². The Bertz CT molecular complexity index is 1070. The highest BCUT2D eigenvalue weighted by molar-refractivity contribution is 7.89. The number of nitrogens with zero attached hydrogens (tertiary/aromatic N) is 4. The Labute approximate surface area is 188 Å². The number of anilines is 2. The highest BCUT2D eigenvalue weighted by Crippen LogP contribution is 2.27. The molecule has 4 N–H and O–H groups in total. The van der Waals surface area contributed by atoms with Crippen LogP contribution in [-0.2, 0) is 19.6 Å². The number of rotatable bonds is 9. The van der Waals surface area contributed by atoms with E-state index in [9.17, 15) is 13.2 Å². The summed E-state index contributed by atoms with van der Waals surface area (Å²) in [6.45, 7) is 7.22. The number of sulfonamides is 1. The van der Waals surface area contributed by atoms with Gasteiger partial charge in [-0.15, -0.1) is 0 Å². The van der Waals surface area contributed by atoms with Gasteiger partial charge in [-0.25, -0.2) is 18.4 Å². The Balaban J connectivity index is 1.96. The van der Waals surface area contributed by atoms with Gasteiger partial charge in [0.1, 0.15) is 10.4 Å². The van der Waals surface area contributed by atoms with Gasteiger partial charge >= 0.3 is 0 Å². The average Bonchev–Trinajstić information content (AvgIpc) is 2.76. The largest absolute Gasteiger partial charge is 0.379 e. The van der Waals surface area contributed by atoms with Gasteiger partial charge < -0.3 is 21.1 Å². The topological polar surface area (TPSA) is 152 Å². The molecular weight excluding hydrogens is 434 g/mol. The van der Waals surface area contributed by atoms with Crippen LogP contribution < -0.4 is 16.4 Å². The number of amides is 1. The summed E-state index contributed by atoms with van der Waals surface area (Å²) >= 11 is 0. The summed E-state index contributed by atoms with van der Waals surface area (Å²) in [6, 6.07) is 1.47. The van der Waals surface area contributed by atoms with Crippen molar-refractivity contribution >= 4 is 38.7 Å². The summed E-state index contributed by atoms with van der Waals surface area (Å²) in [4.78, 5) is 24.4. The van der Waals surface area contributed by atoms with Crippen molar-refractivity contribution in [2.75, 3.05) is 43.9 Å². The summed E-state index contributed by atoms with van der Waals surface area (Å²) < 4.78 is 32.6. The molecule has 0 saturated carbocycles. The Morgan fingerprint density at radius 2 is 2.03 bits per heavy atom. The van der Waals surface area contributed by atoms with E-state index in [1.54, 1.807) is 0 Å². The first-order valence-electron chi connectivity index (χ1n) is 10.7. The number of carbonyl (C=O) groups excluding carboxylic acids is 1. The number of morpholine rings is 1. The fourth-order valence-corrected chi connectivity index (χ4v) is 4.92. The summed E-state index contributed by atoms with van der Waals surface area (Å²) in [5.41, 5.74) is 6.16. The number of pyridine rings is 1. The van der Waals surface area contributed by atoms with E-state index in [2.05, 4.69) is 32.5 Å². The normalized spacial score (nSPS) is 17.1. The number of unbranched alkanes of at least 4 members (excludes halogenated alkanes) is 1. The van der Waals surface area contributed by atoms with E-state index in [-0.39, 0.29) is 29.8 Å². The van der Waals surface area contributed by atoms with E-state index in [4.69, 9.17) is 10.5 Å². The molecule has 0 radical (unpaired) electrons. The number of hydrogen-bond acceptors (Lipinski definition) is 9. The Morgan fingerprint density at radius 1 is 1.31 bits per heavy atom. The maximum atomic E-state index is 13.0. The summed E-state index contributed by atoms with van der Waals surface area (Å²) in [5.74, 6) is 0.268. The molecule has 2 aromatic rings. The van der Waals surface area contributed by atoms with Crippen LogP contribution in [0.15, 0.2) is 17.2 Å². The van der Waals surface area contributed by atoms with Crippen LogP contribution >= 0.6 is 0 Å². The summed E-state index contributed by atoms with van der Waals surface area (Å²) in [7, 11) is -3.72. The number of hydrogen-bond donors (Lipinski definition) is 3. The minimum Gasteiger partial charge on any atom is -0.379 e. The van der Waals surface area contributed by atoms with Crippen LogP contribution in [0.2, 0.25) is 0 Å². The number of aromatic nitrogens is 3. The maximum absolute atomic E-state index is 13.0. The van der Waals surface area contributed by atoms with Crippen LogP contribution in [0.25, 0.3) is 11.0 Å². The van der Waals surface area contributed by atoms with E-state index in [0.717, 1.165) is 19.3 Å². The predicted octanol–water partition coefficient (Wildman–Crippen LogP) is 1.12. The van der Waals surface area contributed by atoms with Crippen LogP contribution in [0.4, 0.5) is 11.8 Å². The van der Waals surface area contributed by atoms with Crippen LogP contribution in [-0.4, -0.2) is 72.0 Å². The Morgan fingerprint density at radius 3 is 2.69 bits per heavy atom. The average molecular weight is 466 g/mol. The molecule has 2 aromatic heterocycles. The molecule has 1 atom stereocenters. The van der Waals surface area contributed by atoms with Crippen molar-refractivity contribution in [1.82, 2.24) is 24.6 Å². The van der Waals surface area contributed by atoms with Crippen LogP contribution in [0.3, 0.4) is 0 Å². The molecule has 1 fully saturated rings. The zero-order chi connectivity index (χ0) is 23.4. The lowest BCUT2D eigenvalue weighted by atomic mass is 9.94. The lowest BCUT2D eigenvalue weighted by Crippen LogP contribution is -2.46. The standard InChI is InChI=1S/C20H31N7O4S/c1-4-5-6-20(3,13-23-14(2)28)26-18-17-16(24-19(21)25-18)11-15(12-22-17)32(29,30)27-7-9-31-10-8-27/h11-12H,4-10,13H2,1-3H3,(H,23,28)(H3,21,24,25,26)/t20-/m1/s1. The number of ether oxygens (including phenoxy) is 1. The highest BCUT2D eigenvalue weighted by Gasteiger charge is 2.29. The fraction of sp³-hybridized carbons (Fsp3) is 0.600. The second kappa shape index (κ2) is 9.92. The quantitative estimate of drug-likeness (QED) is 0.494. The number of nitrogens with two attached hydrogens (primary N) is 1. The Hall–Kier alpha value is -2.57. The molecule has 176 valence electrons. The van der Waals surface area contributed by atoms with E-state index in [1.807, 2.05) is 6.92 Å². The van der Waals surface area contributed by atoms with Crippen LogP contribution in [0, 0.1) is 0 Å². The fourth-order valence-electron chi connectivity index (χ4n) is 3.55. The molecular formula is C20H31N7O4S. The van der Waals surface area contributed by atoms with Crippen LogP contribution in [0.1, 0.15) is 40.0 Å². The Kier molecular flexibility index (Phi) is 7.47. The summed E-state index contributed by atoms with van der Waals surface area (Å²) in [6.07, 6.45) is 4.02. The van der Waals surface area contributed by atoms with Gasteiger partial charge in [0.05, 0.1) is 24.3 Å². The van der Waals surface area contributed by atoms with Gasteiger partial charge in [0, 0.05) is 32.8 Å². The molecule has 3 heterocycles. The van der Waals surface area contributed by atoms with Gasteiger partial charge in [0.15, 0.2) is 5.82 Å². The lowest BCUT2D eigenvalue weighted by Gasteiger charge is -2.32. The first kappa shape index (κ1) is 24.1. The van der Waals surface area contributed by atoms with Crippen molar-refractivity contribution < 1.29 is 17.9 Å². The first-order chi connectivity index (χ1) is 15.1. The lowest BCUT2D eigenvalue weighted by molar-refractivity contribution is -0.119. The van der Waals surface area contributed by atoms with Gasteiger partial charge in [-0.2, -0.15) is 9.29 Å². The van der Waals surface area contributed by atoms with Gasteiger partial charge in [-0.3, -0.25) is 4.79 Å². The van der Waals surface area contributed by atoms with E-state index in [1.165, 1.54) is 23.5 Å². The molecule has 12 heteroatoms. The molecule has 3 rings (SSSR count). The third-order valence-corrected chi connectivity index (χ3v) is 7.23. The van der Waals surface area contributed by atoms with Crippen LogP contribution in [0.5, 0.6) is 0 Å². The predicted molar refractivity (Wildman–Crippen MR) is 122 cm³/mol. The van der Waals surface area contributed by atoms with Crippen molar-refractivity contribution in [1.29, 1.82) is 0 Å². The van der Waals surface area contributed by atoms with Gasteiger partial charge in [-0.05, 0) is 19.4 Å². The molecule has 1 amide bonds. The van der Waals surface area contributed by atoms with E-state index < -0.39 is 15.6 Å². The molecule has 0 unspecified atom stereocenters. The SMILES string of the molecule is CCCC[C@](C)(CNC(C)=O)Nc1nc(N)nc2cc(S(=O)(=O)N3CCOCC3)cnc12. The maximum Gasteiger partial charge on any atom is 0.244 e. The third-order valence-electron chi connectivity index (χ3n) is 5.37. The zero-order valence-corrected chi connectivity index (χ0v) is 19.5. The van der Waals surface area contributed by atoms with Gasteiger partial charge in [-0.1, -0.05) is 19.8 Å². The smallest absolute Gasteiger partial charge is 0.244 e. The number of nitrogen functional groups attached to an aromatic ring is 1. The zero-order valence-electron chi connectivity index (χ0n) is 18.7. The molecule has 0 aromatic carbocycles. The van der Waals surface area contributed by atoms with Crippen molar-refractivity contribution in [3.05, 3.63) is 12.3 Å². The second-order valence-corrected chi connectivity index (χ2v) is 10.1. The number of nitrogens with one attached hydrogen (secondary N) is 2. The molecule has 0 aliphatic carbocycles. The third kappa shape index (κ3) is 5.61. The second-order valence-electron chi connectivity index (χ2n) is 8.18. The molecule has 1 aliphatic heterocycles. The van der Waals surface area contributed by atoms with Crippen molar-refractivity contribution in [3.63, 3.8) is 0 Å². The first-order valence-corrected chi connectivity index (χ1v) is 12.1. The van der Waals surface area contributed by atoms with Gasteiger partial charge in [0.2, 0.25) is 21.9 Å². The molecule has 1 saturated heterocycles. The van der Waals surface area contributed by atoms with E-state index in [0.29, 0.717) is 36.6 Å². The minimum atomic E-state index is -3.72. The van der Waals surface area contributed by atoms with Crippen molar-refractivity contribution in [2.24, 2.45) is 0 Å².